The maximum atomic E-state index is 13.5. The minimum Gasteiger partial charge on any atom is -0.382 e. The van der Waals surface area contributed by atoms with Crippen LogP contribution in [0.4, 0.5) is 16.0 Å². The number of carbonyl (C=O) groups is 1. The second-order valence-electron chi connectivity index (χ2n) is 10.1. The van der Waals surface area contributed by atoms with Gasteiger partial charge in [-0.1, -0.05) is 24.6 Å². The van der Waals surface area contributed by atoms with Gasteiger partial charge in [-0.3, -0.25) is 14.1 Å². The number of hydrogen-bond acceptors (Lipinski definition) is 8. The molecule has 40 heavy (non-hydrogen) atoms. The number of benzene rings is 1. The van der Waals surface area contributed by atoms with Crippen molar-refractivity contribution in [1.29, 1.82) is 0 Å². The number of nitrogens with one attached hydrogen (secondary N) is 1. The molecule has 10 nitrogen and oxygen atoms in total. The normalized spacial score (nSPS) is 17.1. The van der Waals surface area contributed by atoms with E-state index < -0.39 is 18.0 Å². The Kier molecular flexibility index (Phi) is 8.15. The quantitative estimate of drug-likeness (QED) is 0.287. The molecule has 1 aromatic carbocycles. The predicted octanol–water partition coefficient (Wildman–Crippen LogP) is 3.73. The van der Waals surface area contributed by atoms with E-state index in [9.17, 15) is 14.3 Å². The largest absolute Gasteiger partial charge is 0.382 e. The molecule has 4 N–H and O–H groups in total. The number of carbonyl (C=O) groups excluding carboxylic acids is 1. The number of amides is 1. The van der Waals surface area contributed by atoms with Gasteiger partial charge in [-0.2, -0.15) is 0 Å². The zero-order valence-corrected chi connectivity index (χ0v) is 22.5. The molecule has 2 atom stereocenters. The van der Waals surface area contributed by atoms with Crippen molar-refractivity contribution < 1.29 is 14.3 Å². The average molecular weight is 545 g/mol. The fourth-order valence-corrected chi connectivity index (χ4v) is 5.02. The van der Waals surface area contributed by atoms with Gasteiger partial charge in [0.05, 0.1) is 6.04 Å². The predicted molar refractivity (Wildman–Crippen MR) is 152 cm³/mol. The number of pyridine rings is 1. The van der Waals surface area contributed by atoms with Gasteiger partial charge in [0, 0.05) is 48.9 Å². The molecule has 1 aliphatic rings. The number of aromatic nitrogens is 4. The summed E-state index contributed by atoms with van der Waals surface area (Å²) in [7, 11) is 3.97. The van der Waals surface area contributed by atoms with E-state index in [4.69, 9.17) is 10.7 Å². The molecule has 11 heteroatoms. The summed E-state index contributed by atoms with van der Waals surface area (Å²) < 4.78 is 15.4. The molecule has 0 saturated carbocycles. The topological polar surface area (TPSA) is 125 Å². The zero-order chi connectivity index (χ0) is 28.2. The highest BCUT2D eigenvalue weighted by atomic mass is 19.1. The number of fused-ring (bicyclic) bond motifs is 1. The van der Waals surface area contributed by atoms with Crippen LogP contribution >= 0.6 is 0 Å². The molecule has 4 heterocycles. The van der Waals surface area contributed by atoms with Crippen molar-refractivity contribution in [2.45, 2.75) is 31.5 Å². The molecule has 0 radical (unpaired) electrons. The number of rotatable bonds is 8. The first-order valence-electron chi connectivity index (χ1n) is 13.2. The number of likely N-dealkylation sites (tertiary alicyclic amines) is 1. The van der Waals surface area contributed by atoms with Crippen molar-refractivity contribution in [3.63, 3.8) is 0 Å². The first kappa shape index (κ1) is 27.4. The number of hydrogen-bond donors (Lipinski definition) is 3. The van der Waals surface area contributed by atoms with Crippen LogP contribution in [0.2, 0.25) is 0 Å². The van der Waals surface area contributed by atoms with Crippen LogP contribution in [-0.2, 0) is 0 Å². The molecular formula is C29H33FN8O2. The molecule has 1 aliphatic heterocycles. The van der Waals surface area contributed by atoms with Crippen LogP contribution in [0.1, 0.15) is 41.5 Å². The Bertz CT molecular complexity index is 1520. The van der Waals surface area contributed by atoms with Gasteiger partial charge in [0.1, 0.15) is 40.7 Å². The maximum Gasteiger partial charge on any atom is 0.256 e. The summed E-state index contributed by atoms with van der Waals surface area (Å²) in [5.74, 6) is 0.355. The van der Waals surface area contributed by atoms with Crippen molar-refractivity contribution in [1.82, 2.24) is 29.2 Å². The number of aliphatic hydroxyl groups is 1. The van der Waals surface area contributed by atoms with E-state index in [0.29, 0.717) is 22.6 Å². The third-order valence-electron chi connectivity index (χ3n) is 6.96. The van der Waals surface area contributed by atoms with E-state index in [1.807, 2.05) is 41.7 Å². The average Bonchev–Trinajstić information content (AvgIpc) is 3.34. The van der Waals surface area contributed by atoms with Gasteiger partial charge in [-0.05, 0) is 51.2 Å². The number of nitrogens with two attached hydrogens (primary N) is 1. The maximum absolute atomic E-state index is 13.5. The number of likely N-dealkylation sites (N-methyl/N-ethyl adjacent to an activating group) is 1. The van der Waals surface area contributed by atoms with Crippen LogP contribution in [0.25, 0.3) is 16.8 Å². The number of aliphatic hydroxyl groups excluding tert-OH is 1. The SMILES string of the molecule is CN(C)C/C=C/C(O)N1CCCC[C@H]1c1nc(-c2ccc(C(=O)Nc3cc(F)ccn3)cc2)c2c(N)nccn12. The summed E-state index contributed by atoms with van der Waals surface area (Å²) >= 11 is 0. The summed E-state index contributed by atoms with van der Waals surface area (Å²) in [6.45, 7) is 1.48. The van der Waals surface area contributed by atoms with Crippen molar-refractivity contribution in [3.8, 4) is 11.3 Å². The van der Waals surface area contributed by atoms with Crippen molar-refractivity contribution in [2.75, 3.05) is 38.2 Å². The summed E-state index contributed by atoms with van der Waals surface area (Å²) in [6.07, 6.45) is 10.7. The molecule has 0 spiro atoms. The number of halogens is 1. The second-order valence-corrected chi connectivity index (χ2v) is 10.1. The van der Waals surface area contributed by atoms with Gasteiger partial charge >= 0.3 is 0 Å². The van der Waals surface area contributed by atoms with E-state index in [0.717, 1.165) is 49.8 Å². The summed E-state index contributed by atoms with van der Waals surface area (Å²) in [5, 5.41) is 13.7. The highest BCUT2D eigenvalue weighted by Crippen LogP contribution is 2.36. The lowest BCUT2D eigenvalue weighted by Gasteiger charge is -2.37. The molecule has 1 amide bonds. The molecule has 4 aromatic rings. The van der Waals surface area contributed by atoms with Gasteiger partial charge in [-0.15, -0.1) is 0 Å². The van der Waals surface area contributed by atoms with Crippen LogP contribution in [0.5, 0.6) is 0 Å². The molecule has 208 valence electrons. The smallest absolute Gasteiger partial charge is 0.256 e. The van der Waals surface area contributed by atoms with Crippen LogP contribution < -0.4 is 11.1 Å². The van der Waals surface area contributed by atoms with E-state index in [-0.39, 0.29) is 11.9 Å². The lowest BCUT2D eigenvalue weighted by atomic mass is 10.0. The summed E-state index contributed by atoms with van der Waals surface area (Å²) in [4.78, 5) is 30.1. The monoisotopic (exact) mass is 544 g/mol. The van der Waals surface area contributed by atoms with Gasteiger partial charge in [0.15, 0.2) is 0 Å². The van der Waals surface area contributed by atoms with Gasteiger partial charge < -0.3 is 21.1 Å². The first-order chi connectivity index (χ1) is 19.3. The summed E-state index contributed by atoms with van der Waals surface area (Å²) in [6, 6.07) is 9.18. The van der Waals surface area contributed by atoms with Crippen LogP contribution in [0.3, 0.4) is 0 Å². The summed E-state index contributed by atoms with van der Waals surface area (Å²) in [5.41, 5.74) is 8.81. The second kappa shape index (κ2) is 11.9. The molecule has 5 rings (SSSR count). The van der Waals surface area contributed by atoms with Gasteiger partial charge in [0.2, 0.25) is 0 Å². The minimum atomic E-state index is -0.745. The minimum absolute atomic E-state index is 0.125. The molecule has 1 unspecified atom stereocenters. The van der Waals surface area contributed by atoms with Gasteiger partial charge in [0.25, 0.3) is 5.91 Å². The van der Waals surface area contributed by atoms with Crippen molar-refractivity contribution >= 4 is 23.1 Å². The first-order valence-corrected chi connectivity index (χ1v) is 13.2. The van der Waals surface area contributed by atoms with E-state index in [1.54, 1.807) is 30.5 Å². The van der Waals surface area contributed by atoms with E-state index in [1.165, 1.54) is 12.3 Å². The Hall–Kier alpha value is -4.19. The molecule has 3 aromatic heterocycles. The number of anilines is 2. The Labute approximate surface area is 232 Å². The van der Waals surface area contributed by atoms with Crippen LogP contribution in [-0.4, -0.2) is 73.6 Å². The van der Waals surface area contributed by atoms with E-state index in [2.05, 4.69) is 20.2 Å². The third kappa shape index (κ3) is 5.86. The van der Waals surface area contributed by atoms with Crippen molar-refractivity contribution in [2.24, 2.45) is 0 Å². The fraction of sp³-hybridized carbons (Fsp3) is 0.310. The van der Waals surface area contributed by atoms with Crippen molar-refractivity contribution in [3.05, 3.63) is 84.3 Å². The number of nitrogen functional groups attached to an aromatic ring is 1. The molecular weight excluding hydrogens is 511 g/mol. The Morgan fingerprint density at radius 3 is 2.77 bits per heavy atom. The molecule has 1 saturated heterocycles. The number of piperidine rings is 1. The van der Waals surface area contributed by atoms with Crippen LogP contribution in [0, 0.1) is 5.82 Å². The fourth-order valence-electron chi connectivity index (χ4n) is 5.02. The highest BCUT2D eigenvalue weighted by molar-refractivity contribution is 6.04. The van der Waals surface area contributed by atoms with Crippen LogP contribution in [0.15, 0.2) is 67.1 Å². The highest BCUT2D eigenvalue weighted by Gasteiger charge is 2.32. The molecule has 1 fully saturated rings. The Morgan fingerprint density at radius 1 is 1.23 bits per heavy atom. The standard InChI is InChI=1S/C29H33FN8O2/c1-36(2)15-5-7-24(39)37-16-4-3-6-22(37)28-35-25(26-27(31)33-14-17-38(26)28)19-8-10-20(11-9-19)29(40)34-23-18-21(30)12-13-32-23/h5,7-14,17-18,22,24,39H,3-4,6,15-16H2,1-2H3,(H2,31,33)(H,32,34,40)/b7-5+/t22-,24?/m0/s1. The molecule has 0 aliphatic carbocycles. The van der Waals surface area contributed by atoms with E-state index >= 15 is 0 Å². The lowest BCUT2D eigenvalue weighted by molar-refractivity contribution is -0.0132. The number of nitrogens with zero attached hydrogens (tertiary/aromatic N) is 6. The third-order valence-corrected chi connectivity index (χ3v) is 6.96. The zero-order valence-electron chi connectivity index (χ0n) is 22.5. The lowest BCUT2D eigenvalue weighted by Crippen LogP contribution is -2.41. The Morgan fingerprint density at radius 2 is 2.02 bits per heavy atom. The number of imidazole rings is 1. The Balaban J connectivity index is 1.46. The molecule has 0 bridgehead atoms. The van der Waals surface area contributed by atoms with Gasteiger partial charge in [-0.25, -0.2) is 19.3 Å².